The highest BCUT2D eigenvalue weighted by Crippen LogP contribution is 2.21. The van der Waals surface area contributed by atoms with E-state index < -0.39 is 5.60 Å². The standard InChI is InChI=1S/C15H23N3O3/c1-11-13(17-7-6-16-11)20-10-12-5-8-18(9-12)14(19)21-15(2,3)4/h6-7,12H,5,8-10H2,1-4H3/t12-/m0/s1. The second-order valence-corrected chi connectivity index (χ2v) is 6.34. The number of rotatable bonds is 3. The van der Waals surface area contributed by atoms with Crippen molar-refractivity contribution >= 4 is 6.09 Å². The van der Waals surface area contributed by atoms with Crippen LogP contribution in [0.4, 0.5) is 4.79 Å². The van der Waals surface area contributed by atoms with E-state index in [0.29, 0.717) is 31.5 Å². The van der Waals surface area contributed by atoms with Crippen LogP contribution in [0.2, 0.25) is 0 Å². The summed E-state index contributed by atoms with van der Waals surface area (Å²) in [6.07, 6.45) is 3.92. The van der Waals surface area contributed by atoms with Gasteiger partial charge in [-0.05, 0) is 34.1 Å². The number of hydrogen-bond donors (Lipinski definition) is 0. The second-order valence-electron chi connectivity index (χ2n) is 6.34. The van der Waals surface area contributed by atoms with E-state index in [-0.39, 0.29) is 6.09 Å². The summed E-state index contributed by atoms with van der Waals surface area (Å²) in [4.78, 5) is 22.0. The number of carbonyl (C=O) groups excluding carboxylic acids is 1. The average molecular weight is 293 g/mol. The summed E-state index contributed by atoms with van der Waals surface area (Å²) in [5, 5.41) is 0. The van der Waals surface area contributed by atoms with Gasteiger partial charge in [0, 0.05) is 31.4 Å². The van der Waals surface area contributed by atoms with Crippen LogP contribution in [0.5, 0.6) is 5.88 Å². The number of aromatic nitrogens is 2. The van der Waals surface area contributed by atoms with E-state index in [1.807, 2.05) is 27.7 Å². The molecular weight excluding hydrogens is 270 g/mol. The first-order valence-corrected chi connectivity index (χ1v) is 7.23. The summed E-state index contributed by atoms with van der Waals surface area (Å²) in [6.45, 7) is 9.40. The van der Waals surface area contributed by atoms with Gasteiger partial charge in [0.1, 0.15) is 5.60 Å². The zero-order valence-electron chi connectivity index (χ0n) is 13.1. The number of hydrogen-bond acceptors (Lipinski definition) is 5. The summed E-state index contributed by atoms with van der Waals surface area (Å²) in [5.41, 5.74) is 0.321. The molecule has 0 aliphatic carbocycles. The Labute approximate surface area is 125 Å². The fraction of sp³-hybridized carbons (Fsp3) is 0.667. The molecule has 1 aliphatic rings. The third-order valence-electron chi connectivity index (χ3n) is 3.23. The number of nitrogens with zero attached hydrogens (tertiary/aromatic N) is 3. The first kappa shape index (κ1) is 15.5. The van der Waals surface area contributed by atoms with Crippen molar-refractivity contribution in [3.8, 4) is 5.88 Å². The average Bonchev–Trinajstić information content (AvgIpc) is 2.85. The highest BCUT2D eigenvalue weighted by atomic mass is 16.6. The van der Waals surface area contributed by atoms with Gasteiger partial charge in [0.25, 0.3) is 0 Å². The lowest BCUT2D eigenvalue weighted by atomic mass is 10.1. The fourth-order valence-electron chi connectivity index (χ4n) is 2.19. The number of likely N-dealkylation sites (tertiary alicyclic amines) is 1. The molecule has 0 spiro atoms. The molecule has 0 bridgehead atoms. The van der Waals surface area contributed by atoms with Crippen molar-refractivity contribution in [2.75, 3.05) is 19.7 Å². The van der Waals surface area contributed by atoms with Gasteiger partial charge < -0.3 is 14.4 Å². The maximum absolute atomic E-state index is 12.0. The number of ether oxygens (including phenoxy) is 2. The monoisotopic (exact) mass is 293 g/mol. The van der Waals surface area contributed by atoms with Crippen LogP contribution in [-0.2, 0) is 4.74 Å². The molecule has 0 N–H and O–H groups in total. The predicted octanol–water partition coefficient (Wildman–Crippen LogP) is 2.42. The number of aryl methyl sites for hydroxylation is 1. The maximum Gasteiger partial charge on any atom is 0.410 e. The highest BCUT2D eigenvalue weighted by Gasteiger charge is 2.30. The molecule has 0 saturated carbocycles. The first-order chi connectivity index (χ1) is 9.85. The lowest BCUT2D eigenvalue weighted by Crippen LogP contribution is -2.35. The molecule has 1 atom stereocenters. The van der Waals surface area contributed by atoms with Gasteiger partial charge in [0.2, 0.25) is 5.88 Å². The van der Waals surface area contributed by atoms with Crippen LogP contribution in [0.3, 0.4) is 0 Å². The summed E-state index contributed by atoms with van der Waals surface area (Å²) in [6, 6.07) is 0. The van der Waals surface area contributed by atoms with Gasteiger partial charge in [-0.1, -0.05) is 0 Å². The first-order valence-electron chi connectivity index (χ1n) is 7.23. The van der Waals surface area contributed by atoms with E-state index >= 15 is 0 Å². The Morgan fingerprint density at radius 3 is 2.76 bits per heavy atom. The van der Waals surface area contributed by atoms with Crippen LogP contribution in [-0.4, -0.2) is 46.3 Å². The van der Waals surface area contributed by atoms with Crippen LogP contribution >= 0.6 is 0 Å². The van der Waals surface area contributed by atoms with Crippen molar-refractivity contribution < 1.29 is 14.3 Å². The van der Waals surface area contributed by atoms with Crippen LogP contribution in [0, 0.1) is 12.8 Å². The molecule has 2 heterocycles. The minimum Gasteiger partial charge on any atom is -0.476 e. The lowest BCUT2D eigenvalue weighted by molar-refractivity contribution is 0.0284. The van der Waals surface area contributed by atoms with E-state index in [2.05, 4.69) is 9.97 Å². The van der Waals surface area contributed by atoms with Crippen LogP contribution < -0.4 is 4.74 Å². The summed E-state index contributed by atoms with van der Waals surface area (Å²) in [5.74, 6) is 0.868. The van der Waals surface area contributed by atoms with Crippen molar-refractivity contribution in [1.29, 1.82) is 0 Å². The van der Waals surface area contributed by atoms with Crippen molar-refractivity contribution in [2.45, 2.75) is 39.7 Å². The quantitative estimate of drug-likeness (QED) is 0.856. The molecule has 1 fully saturated rings. The van der Waals surface area contributed by atoms with Gasteiger partial charge >= 0.3 is 6.09 Å². The molecule has 6 heteroatoms. The third-order valence-corrected chi connectivity index (χ3v) is 3.23. The molecule has 1 aromatic heterocycles. The van der Waals surface area contributed by atoms with E-state index in [1.54, 1.807) is 17.3 Å². The molecule has 0 unspecified atom stereocenters. The summed E-state index contributed by atoms with van der Waals surface area (Å²) >= 11 is 0. The van der Waals surface area contributed by atoms with Gasteiger partial charge in [-0.15, -0.1) is 0 Å². The Morgan fingerprint density at radius 1 is 1.38 bits per heavy atom. The lowest BCUT2D eigenvalue weighted by Gasteiger charge is -2.24. The maximum atomic E-state index is 12.0. The van der Waals surface area contributed by atoms with Crippen molar-refractivity contribution in [3.63, 3.8) is 0 Å². The van der Waals surface area contributed by atoms with E-state index in [9.17, 15) is 4.79 Å². The number of amides is 1. The molecule has 2 rings (SSSR count). The molecule has 1 saturated heterocycles. The smallest absolute Gasteiger partial charge is 0.410 e. The van der Waals surface area contributed by atoms with Gasteiger partial charge in [-0.2, -0.15) is 0 Å². The van der Waals surface area contributed by atoms with Crippen LogP contribution in [0.25, 0.3) is 0 Å². The zero-order valence-corrected chi connectivity index (χ0v) is 13.1. The Hall–Kier alpha value is -1.85. The highest BCUT2D eigenvalue weighted by molar-refractivity contribution is 5.68. The van der Waals surface area contributed by atoms with Gasteiger partial charge in [-0.25, -0.2) is 9.78 Å². The van der Waals surface area contributed by atoms with Crippen LogP contribution in [0.15, 0.2) is 12.4 Å². The molecule has 21 heavy (non-hydrogen) atoms. The molecule has 1 amide bonds. The molecular formula is C15H23N3O3. The van der Waals surface area contributed by atoms with Crippen molar-refractivity contribution in [2.24, 2.45) is 5.92 Å². The van der Waals surface area contributed by atoms with E-state index in [0.717, 1.165) is 12.1 Å². The largest absolute Gasteiger partial charge is 0.476 e. The Morgan fingerprint density at radius 2 is 2.10 bits per heavy atom. The SMILES string of the molecule is Cc1nccnc1OC[C@H]1CCN(C(=O)OC(C)(C)C)C1. The predicted molar refractivity (Wildman–Crippen MR) is 78.2 cm³/mol. The van der Waals surface area contributed by atoms with Crippen molar-refractivity contribution in [1.82, 2.24) is 14.9 Å². The Balaban J connectivity index is 1.80. The number of carbonyl (C=O) groups is 1. The molecule has 0 aromatic carbocycles. The molecule has 1 aliphatic heterocycles. The summed E-state index contributed by atoms with van der Waals surface area (Å²) in [7, 11) is 0. The Bertz CT molecular complexity index is 499. The minimum atomic E-state index is -0.456. The van der Waals surface area contributed by atoms with Gasteiger partial charge in [-0.3, -0.25) is 4.98 Å². The Kier molecular flexibility index (Phi) is 4.65. The zero-order chi connectivity index (χ0) is 15.5. The third kappa shape index (κ3) is 4.58. The molecule has 0 radical (unpaired) electrons. The molecule has 116 valence electrons. The molecule has 1 aromatic rings. The minimum absolute atomic E-state index is 0.249. The van der Waals surface area contributed by atoms with Crippen LogP contribution in [0.1, 0.15) is 32.9 Å². The normalized spacial score (nSPS) is 18.7. The van der Waals surface area contributed by atoms with Gasteiger partial charge in [0.05, 0.1) is 12.3 Å². The second kappa shape index (κ2) is 6.28. The molecule has 6 nitrogen and oxygen atoms in total. The van der Waals surface area contributed by atoms with Gasteiger partial charge in [0.15, 0.2) is 0 Å². The van der Waals surface area contributed by atoms with E-state index in [1.165, 1.54) is 0 Å². The topological polar surface area (TPSA) is 64.6 Å². The van der Waals surface area contributed by atoms with E-state index in [4.69, 9.17) is 9.47 Å². The van der Waals surface area contributed by atoms with Crippen molar-refractivity contribution in [3.05, 3.63) is 18.1 Å². The fourth-order valence-corrected chi connectivity index (χ4v) is 2.19. The summed E-state index contributed by atoms with van der Waals surface area (Å²) < 4.78 is 11.1.